The summed E-state index contributed by atoms with van der Waals surface area (Å²) < 4.78 is 12.3. The van der Waals surface area contributed by atoms with Crippen LogP contribution < -0.4 is 15.4 Å². The smallest absolute Gasteiger partial charge is 0.412 e. The molecule has 186 valence electrons. The van der Waals surface area contributed by atoms with Crippen molar-refractivity contribution < 1.29 is 18.8 Å². The number of carbonyl (C=O) groups is 1. The highest BCUT2D eigenvalue weighted by Crippen LogP contribution is 2.35. The minimum atomic E-state index is -0.392. The number of nitrogens with one attached hydrogen (secondary N) is 2. The van der Waals surface area contributed by atoms with Crippen LogP contribution in [0.1, 0.15) is 57.1 Å². The summed E-state index contributed by atoms with van der Waals surface area (Å²) in [7, 11) is 1.61. The molecule has 3 unspecified atom stereocenters. The van der Waals surface area contributed by atoms with Crippen molar-refractivity contribution in [3.63, 3.8) is 0 Å². The van der Waals surface area contributed by atoms with Crippen LogP contribution in [0.3, 0.4) is 0 Å². The number of fused-ring (bicyclic) bond motifs is 1. The first kappa shape index (κ1) is 26.0. The van der Waals surface area contributed by atoms with Crippen LogP contribution in [0.2, 0.25) is 0 Å². The average molecular weight is 469 g/mol. The van der Waals surface area contributed by atoms with E-state index in [2.05, 4.69) is 41.0 Å². The molecule has 4 rings (SSSR count). The maximum Gasteiger partial charge on any atom is 0.412 e. The molecule has 2 heterocycles. The van der Waals surface area contributed by atoms with Crippen LogP contribution in [-0.4, -0.2) is 49.6 Å². The lowest BCUT2D eigenvalue weighted by atomic mass is 9.88. The first-order chi connectivity index (χ1) is 16.6. The standard InChI is InChI=1S/C26H35N3O3.C2H6/c1-20-11-12-25(31-2)24(16-20)28-26(30)32-23-13-15-29(14-7-6-10-22(29)17-23)19-27-18-21-8-4-3-5-9-21;1-2/h3-5,8-9,11-12,16,22-23,27H,6-7,10,13-15,17-19H2,1-2H3;1-2H3/p+1. The van der Waals surface area contributed by atoms with Crippen molar-refractivity contribution in [2.75, 3.05) is 32.2 Å². The van der Waals surface area contributed by atoms with Gasteiger partial charge in [-0.25, -0.2) is 4.79 Å². The van der Waals surface area contributed by atoms with E-state index in [1.165, 1.54) is 31.4 Å². The van der Waals surface area contributed by atoms with Gasteiger partial charge in [0.15, 0.2) is 0 Å². The summed E-state index contributed by atoms with van der Waals surface area (Å²) in [5, 5.41) is 6.59. The molecule has 2 saturated heterocycles. The van der Waals surface area contributed by atoms with Crippen LogP contribution >= 0.6 is 0 Å². The van der Waals surface area contributed by atoms with Gasteiger partial charge < -0.3 is 14.0 Å². The number of ether oxygens (including phenoxy) is 2. The highest BCUT2D eigenvalue weighted by molar-refractivity contribution is 5.87. The second-order valence-corrected chi connectivity index (χ2v) is 9.27. The minimum Gasteiger partial charge on any atom is -0.495 e. The summed E-state index contributed by atoms with van der Waals surface area (Å²) >= 11 is 0. The van der Waals surface area contributed by atoms with E-state index in [1.807, 2.05) is 39.0 Å². The molecule has 2 aromatic rings. The molecule has 34 heavy (non-hydrogen) atoms. The van der Waals surface area contributed by atoms with Crippen LogP contribution in [0.15, 0.2) is 48.5 Å². The van der Waals surface area contributed by atoms with Gasteiger partial charge in [0.05, 0.1) is 31.9 Å². The number of hydrogen-bond acceptors (Lipinski definition) is 4. The Labute approximate surface area is 205 Å². The molecule has 0 saturated carbocycles. The third-order valence-corrected chi connectivity index (χ3v) is 7.06. The van der Waals surface area contributed by atoms with Crippen molar-refractivity contribution in [3.8, 4) is 5.75 Å². The van der Waals surface area contributed by atoms with Crippen molar-refractivity contribution in [2.24, 2.45) is 0 Å². The Morgan fingerprint density at radius 2 is 1.85 bits per heavy atom. The number of methoxy groups -OCH3 is 1. The van der Waals surface area contributed by atoms with Gasteiger partial charge in [0.2, 0.25) is 0 Å². The van der Waals surface area contributed by atoms with Gasteiger partial charge in [0, 0.05) is 19.4 Å². The minimum absolute atomic E-state index is 0.0331. The van der Waals surface area contributed by atoms with Crippen LogP contribution in [0.4, 0.5) is 10.5 Å². The summed E-state index contributed by atoms with van der Waals surface area (Å²) in [6, 6.07) is 16.9. The third-order valence-electron chi connectivity index (χ3n) is 7.06. The molecule has 2 fully saturated rings. The fourth-order valence-corrected chi connectivity index (χ4v) is 5.34. The monoisotopic (exact) mass is 468 g/mol. The van der Waals surface area contributed by atoms with Crippen LogP contribution in [0.25, 0.3) is 0 Å². The van der Waals surface area contributed by atoms with E-state index in [1.54, 1.807) is 7.11 Å². The first-order valence-electron chi connectivity index (χ1n) is 12.8. The first-order valence-corrected chi connectivity index (χ1v) is 12.8. The van der Waals surface area contributed by atoms with Gasteiger partial charge in [0.1, 0.15) is 18.5 Å². The fraction of sp³-hybridized carbons (Fsp3) is 0.536. The lowest BCUT2D eigenvalue weighted by Crippen LogP contribution is -2.65. The molecule has 2 aromatic carbocycles. The Morgan fingerprint density at radius 3 is 2.62 bits per heavy atom. The van der Waals surface area contributed by atoms with Gasteiger partial charge in [-0.05, 0) is 49.4 Å². The molecule has 6 heteroatoms. The highest BCUT2D eigenvalue weighted by Gasteiger charge is 2.45. The maximum absolute atomic E-state index is 12.6. The van der Waals surface area contributed by atoms with E-state index in [4.69, 9.17) is 9.47 Å². The SMILES string of the molecule is CC.COc1ccc(C)cc1NC(=O)OC1CC[N+]2(CNCc3ccccc3)CCCCC2C1. The number of rotatable bonds is 7. The summed E-state index contributed by atoms with van der Waals surface area (Å²) in [6.07, 6.45) is 5.17. The topological polar surface area (TPSA) is 59.6 Å². The van der Waals surface area contributed by atoms with Crippen LogP contribution in [-0.2, 0) is 11.3 Å². The van der Waals surface area contributed by atoms with Gasteiger partial charge in [-0.3, -0.25) is 10.6 Å². The summed E-state index contributed by atoms with van der Waals surface area (Å²) in [5.41, 5.74) is 3.04. The Morgan fingerprint density at radius 1 is 1.06 bits per heavy atom. The van der Waals surface area contributed by atoms with E-state index in [0.717, 1.165) is 42.6 Å². The predicted octanol–water partition coefficient (Wildman–Crippen LogP) is 5.86. The zero-order valence-corrected chi connectivity index (χ0v) is 21.3. The van der Waals surface area contributed by atoms with Crippen molar-refractivity contribution in [1.82, 2.24) is 5.32 Å². The zero-order chi connectivity index (χ0) is 24.4. The molecule has 0 radical (unpaired) electrons. The van der Waals surface area contributed by atoms with Gasteiger partial charge in [-0.2, -0.15) is 0 Å². The summed E-state index contributed by atoms with van der Waals surface area (Å²) in [5.74, 6) is 0.642. The molecular formula is C28H42N3O3+. The van der Waals surface area contributed by atoms with Gasteiger partial charge in [-0.1, -0.05) is 50.2 Å². The normalized spacial score (nSPS) is 23.6. The quantitative estimate of drug-likeness (QED) is 0.500. The summed E-state index contributed by atoms with van der Waals surface area (Å²) in [4.78, 5) is 12.6. The average Bonchev–Trinajstić information content (AvgIpc) is 2.86. The molecular weight excluding hydrogens is 426 g/mol. The molecule has 0 spiro atoms. The Hall–Kier alpha value is -2.57. The maximum atomic E-state index is 12.6. The molecule has 3 atom stereocenters. The number of carbonyl (C=O) groups excluding carboxylic acids is 1. The highest BCUT2D eigenvalue weighted by atomic mass is 16.6. The molecule has 0 aliphatic carbocycles. The summed E-state index contributed by atoms with van der Waals surface area (Å²) in [6.45, 7) is 10.1. The lowest BCUT2D eigenvalue weighted by molar-refractivity contribution is -0.963. The zero-order valence-electron chi connectivity index (χ0n) is 21.3. The number of piperidine rings is 2. The van der Waals surface area contributed by atoms with E-state index < -0.39 is 6.09 Å². The number of hydrogen-bond donors (Lipinski definition) is 2. The molecule has 0 bridgehead atoms. The molecule has 6 nitrogen and oxygen atoms in total. The molecule has 2 aliphatic heterocycles. The third kappa shape index (κ3) is 6.73. The van der Waals surface area contributed by atoms with Gasteiger partial charge in [-0.15, -0.1) is 0 Å². The molecule has 2 aliphatic rings. The molecule has 0 aromatic heterocycles. The van der Waals surface area contributed by atoms with Crippen LogP contribution in [0.5, 0.6) is 5.75 Å². The number of benzene rings is 2. The van der Waals surface area contributed by atoms with Crippen molar-refractivity contribution in [1.29, 1.82) is 0 Å². The Balaban J connectivity index is 0.00000158. The number of aryl methyl sites for hydroxylation is 1. The predicted molar refractivity (Wildman–Crippen MR) is 138 cm³/mol. The second kappa shape index (κ2) is 12.8. The fourth-order valence-electron chi connectivity index (χ4n) is 5.34. The number of amides is 1. The molecule has 2 N–H and O–H groups in total. The number of quaternary nitrogens is 1. The van der Waals surface area contributed by atoms with E-state index >= 15 is 0 Å². The van der Waals surface area contributed by atoms with E-state index in [0.29, 0.717) is 17.5 Å². The molecule has 1 amide bonds. The number of nitrogens with zero attached hydrogens (tertiary/aromatic N) is 1. The second-order valence-electron chi connectivity index (χ2n) is 9.27. The van der Waals surface area contributed by atoms with Crippen molar-refractivity contribution in [3.05, 3.63) is 59.7 Å². The number of anilines is 1. The van der Waals surface area contributed by atoms with Crippen LogP contribution in [0, 0.1) is 6.92 Å². The Bertz CT molecular complexity index is 905. The van der Waals surface area contributed by atoms with E-state index in [-0.39, 0.29) is 6.10 Å². The lowest BCUT2D eigenvalue weighted by Gasteiger charge is -2.51. The van der Waals surface area contributed by atoms with Crippen molar-refractivity contribution in [2.45, 2.75) is 71.6 Å². The largest absolute Gasteiger partial charge is 0.495 e. The Kier molecular flexibility index (Phi) is 9.78. The van der Waals surface area contributed by atoms with Gasteiger partial charge >= 0.3 is 6.09 Å². The van der Waals surface area contributed by atoms with Gasteiger partial charge in [0.25, 0.3) is 0 Å². The van der Waals surface area contributed by atoms with Crippen molar-refractivity contribution >= 4 is 11.8 Å². The van der Waals surface area contributed by atoms with E-state index in [9.17, 15) is 4.79 Å².